The van der Waals surface area contributed by atoms with Gasteiger partial charge >= 0.3 is 0 Å². The number of nitrogens with one attached hydrogen (secondary N) is 1. The summed E-state index contributed by atoms with van der Waals surface area (Å²) >= 11 is 0. The smallest absolute Gasteiger partial charge is 0.249 e. The molecule has 1 saturated heterocycles. The Bertz CT molecular complexity index is 361. The molecule has 0 aromatic heterocycles. The van der Waals surface area contributed by atoms with Crippen LogP contribution in [-0.4, -0.2) is 34.3 Å². The van der Waals surface area contributed by atoms with Crippen molar-refractivity contribution in [2.75, 3.05) is 0 Å². The minimum absolute atomic E-state index is 0.0481. The van der Waals surface area contributed by atoms with E-state index in [1.165, 1.54) is 0 Å². The van der Waals surface area contributed by atoms with E-state index in [1.54, 1.807) is 0 Å². The first-order valence-electron chi connectivity index (χ1n) is 7.70. The van der Waals surface area contributed by atoms with Crippen molar-refractivity contribution in [1.82, 2.24) is 10.2 Å². The van der Waals surface area contributed by atoms with E-state index in [4.69, 9.17) is 0 Å². The minimum Gasteiger partial charge on any atom is -0.340 e. The number of rotatable bonds is 4. The first kappa shape index (κ1) is 14.4. The first-order valence-corrected chi connectivity index (χ1v) is 7.70. The Labute approximate surface area is 115 Å². The van der Waals surface area contributed by atoms with Crippen LogP contribution in [0.25, 0.3) is 0 Å². The first-order chi connectivity index (χ1) is 9.05. The van der Waals surface area contributed by atoms with Gasteiger partial charge < -0.3 is 10.2 Å². The fraction of sp³-hybridized carbons (Fsp3) is 0.867. The molecule has 2 aliphatic rings. The molecule has 4 nitrogen and oxygen atoms in total. The Balaban J connectivity index is 2.28. The Kier molecular flexibility index (Phi) is 4.16. The minimum atomic E-state index is -0.579. The zero-order valence-corrected chi connectivity index (χ0v) is 12.4. The molecule has 1 heterocycles. The van der Waals surface area contributed by atoms with Gasteiger partial charge in [0.1, 0.15) is 11.6 Å². The molecule has 4 heteroatoms. The maximum absolute atomic E-state index is 12.9. The predicted molar refractivity (Wildman–Crippen MR) is 74.6 cm³/mol. The van der Waals surface area contributed by atoms with Crippen LogP contribution < -0.4 is 5.32 Å². The maximum atomic E-state index is 12.9. The Morgan fingerprint density at radius 1 is 1.32 bits per heavy atom. The van der Waals surface area contributed by atoms with E-state index in [0.717, 1.165) is 38.5 Å². The van der Waals surface area contributed by atoms with Crippen molar-refractivity contribution in [3.63, 3.8) is 0 Å². The molecule has 2 rings (SSSR count). The molecule has 19 heavy (non-hydrogen) atoms. The Morgan fingerprint density at radius 2 is 1.95 bits per heavy atom. The molecule has 1 saturated carbocycles. The quantitative estimate of drug-likeness (QED) is 0.848. The van der Waals surface area contributed by atoms with Crippen molar-refractivity contribution in [2.24, 2.45) is 0 Å². The molecule has 2 unspecified atom stereocenters. The Morgan fingerprint density at radius 3 is 2.47 bits per heavy atom. The molecule has 2 fully saturated rings. The largest absolute Gasteiger partial charge is 0.340 e. The second-order valence-electron chi connectivity index (χ2n) is 6.05. The van der Waals surface area contributed by atoms with Gasteiger partial charge in [0.25, 0.3) is 0 Å². The lowest BCUT2D eigenvalue weighted by molar-refractivity contribution is -0.157. The van der Waals surface area contributed by atoms with Gasteiger partial charge in [0.2, 0.25) is 11.8 Å². The topological polar surface area (TPSA) is 49.4 Å². The third kappa shape index (κ3) is 2.37. The summed E-state index contributed by atoms with van der Waals surface area (Å²) in [5, 5.41) is 3.04. The highest BCUT2D eigenvalue weighted by Gasteiger charge is 2.52. The van der Waals surface area contributed by atoms with Crippen LogP contribution in [0.15, 0.2) is 0 Å². The number of nitrogens with zero attached hydrogens (tertiary/aromatic N) is 1. The van der Waals surface area contributed by atoms with Crippen LogP contribution in [0.2, 0.25) is 0 Å². The van der Waals surface area contributed by atoms with Gasteiger partial charge in [-0.25, -0.2) is 0 Å². The molecule has 1 aliphatic carbocycles. The van der Waals surface area contributed by atoms with Gasteiger partial charge in [0.15, 0.2) is 0 Å². The van der Waals surface area contributed by atoms with Gasteiger partial charge in [-0.1, -0.05) is 33.1 Å². The monoisotopic (exact) mass is 266 g/mol. The molecule has 2 atom stereocenters. The zero-order chi connectivity index (χ0) is 14.0. The van der Waals surface area contributed by atoms with E-state index >= 15 is 0 Å². The standard InChI is InChI=1S/C15H26N2O2/c1-4-8-11(3)17-12(5-2)13(18)16-15(14(17)19)9-6-7-10-15/h11-12H,4-10H2,1-3H3,(H,16,18). The van der Waals surface area contributed by atoms with Crippen LogP contribution in [0.1, 0.15) is 65.7 Å². The highest BCUT2D eigenvalue weighted by atomic mass is 16.2. The van der Waals surface area contributed by atoms with Crippen LogP contribution in [-0.2, 0) is 9.59 Å². The predicted octanol–water partition coefficient (Wildman–Crippen LogP) is 2.22. The van der Waals surface area contributed by atoms with Gasteiger partial charge in [-0.2, -0.15) is 0 Å². The maximum Gasteiger partial charge on any atom is 0.249 e. The van der Waals surface area contributed by atoms with Gasteiger partial charge in [-0.15, -0.1) is 0 Å². The van der Waals surface area contributed by atoms with E-state index in [-0.39, 0.29) is 23.9 Å². The molecule has 1 spiro atoms. The number of piperazine rings is 1. The SMILES string of the molecule is CCCC(C)N1C(=O)C2(CCCC2)NC(=O)C1CC. The molecule has 108 valence electrons. The van der Waals surface area contributed by atoms with E-state index in [1.807, 2.05) is 11.8 Å². The van der Waals surface area contributed by atoms with Crippen molar-refractivity contribution in [3.05, 3.63) is 0 Å². The number of carbonyl (C=O) groups excluding carboxylic acids is 2. The van der Waals surface area contributed by atoms with Gasteiger partial charge in [0.05, 0.1) is 0 Å². The van der Waals surface area contributed by atoms with Gasteiger partial charge in [-0.3, -0.25) is 9.59 Å². The summed E-state index contributed by atoms with van der Waals surface area (Å²) in [7, 11) is 0. The molecule has 2 amide bonds. The number of carbonyl (C=O) groups is 2. The second kappa shape index (κ2) is 5.51. The number of hydrogen-bond acceptors (Lipinski definition) is 2. The lowest BCUT2D eigenvalue weighted by Crippen LogP contribution is -2.70. The highest BCUT2D eigenvalue weighted by molar-refractivity contribution is 6.00. The van der Waals surface area contributed by atoms with Gasteiger partial charge in [0, 0.05) is 6.04 Å². The summed E-state index contributed by atoms with van der Waals surface area (Å²) in [6.07, 6.45) is 6.40. The second-order valence-corrected chi connectivity index (χ2v) is 6.05. The molecular weight excluding hydrogens is 240 g/mol. The molecule has 0 radical (unpaired) electrons. The average molecular weight is 266 g/mol. The lowest BCUT2D eigenvalue weighted by Gasteiger charge is -2.47. The zero-order valence-electron chi connectivity index (χ0n) is 12.4. The molecular formula is C15H26N2O2. The van der Waals surface area contributed by atoms with Crippen LogP contribution in [0.3, 0.4) is 0 Å². The highest BCUT2D eigenvalue weighted by Crippen LogP contribution is 2.36. The van der Waals surface area contributed by atoms with Crippen molar-refractivity contribution >= 4 is 11.8 Å². The molecule has 1 aliphatic heterocycles. The lowest BCUT2D eigenvalue weighted by atomic mass is 9.88. The van der Waals surface area contributed by atoms with Crippen molar-refractivity contribution in [1.29, 1.82) is 0 Å². The van der Waals surface area contributed by atoms with Crippen molar-refractivity contribution < 1.29 is 9.59 Å². The van der Waals surface area contributed by atoms with Crippen LogP contribution >= 0.6 is 0 Å². The normalized spacial score (nSPS) is 27.7. The summed E-state index contributed by atoms with van der Waals surface area (Å²) in [6, 6.07) is -0.119. The van der Waals surface area contributed by atoms with Gasteiger partial charge in [-0.05, 0) is 32.6 Å². The molecule has 0 aromatic rings. The molecule has 0 bridgehead atoms. The molecule has 1 N–H and O–H groups in total. The van der Waals surface area contributed by atoms with Crippen LogP contribution in [0.4, 0.5) is 0 Å². The summed E-state index contributed by atoms with van der Waals surface area (Å²) in [6.45, 7) is 6.18. The fourth-order valence-electron chi connectivity index (χ4n) is 3.65. The van der Waals surface area contributed by atoms with E-state index in [2.05, 4.69) is 19.2 Å². The summed E-state index contributed by atoms with van der Waals surface area (Å²) in [4.78, 5) is 27.1. The summed E-state index contributed by atoms with van der Waals surface area (Å²) < 4.78 is 0. The van der Waals surface area contributed by atoms with E-state index in [0.29, 0.717) is 6.42 Å². The van der Waals surface area contributed by atoms with Crippen LogP contribution in [0.5, 0.6) is 0 Å². The number of amides is 2. The van der Waals surface area contributed by atoms with Crippen molar-refractivity contribution in [3.8, 4) is 0 Å². The third-order valence-corrected chi connectivity index (χ3v) is 4.67. The summed E-state index contributed by atoms with van der Waals surface area (Å²) in [5.41, 5.74) is -0.579. The average Bonchev–Trinajstić information content (AvgIpc) is 2.83. The third-order valence-electron chi connectivity index (χ3n) is 4.67. The van der Waals surface area contributed by atoms with Crippen molar-refractivity contribution in [2.45, 2.75) is 83.3 Å². The number of hydrogen-bond donors (Lipinski definition) is 1. The van der Waals surface area contributed by atoms with E-state index < -0.39 is 5.54 Å². The summed E-state index contributed by atoms with van der Waals surface area (Å²) in [5.74, 6) is 0.212. The Hall–Kier alpha value is -1.06. The van der Waals surface area contributed by atoms with E-state index in [9.17, 15) is 9.59 Å². The van der Waals surface area contributed by atoms with Crippen LogP contribution in [0, 0.1) is 0 Å². The fourth-order valence-corrected chi connectivity index (χ4v) is 3.65. The molecule has 0 aromatic carbocycles.